The first-order valence-corrected chi connectivity index (χ1v) is 11.1. The van der Waals surface area contributed by atoms with Crippen LogP contribution in [0.25, 0.3) is 0 Å². The van der Waals surface area contributed by atoms with E-state index in [0.29, 0.717) is 22.9 Å². The van der Waals surface area contributed by atoms with Crippen LogP contribution in [0, 0.1) is 6.92 Å². The summed E-state index contributed by atoms with van der Waals surface area (Å²) >= 11 is 0. The van der Waals surface area contributed by atoms with Crippen molar-refractivity contribution in [1.29, 1.82) is 0 Å². The fourth-order valence-corrected chi connectivity index (χ4v) is 3.90. The summed E-state index contributed by atoms with van der Waals surface area (Å²) in [6.45, 7) is 3.45. The van der Waals surface area contributed by atoms with Gasteiger partial charge in [0.05, 0.1) is 17.7 Å². The number of aryl methyl sites for hydroxylation is 1. The maximum absolute atomic E-state index is 12.6. The molecule has 8 heteroatoms. The Morgan fingerprint density at radius 3 is 2.13 bits per heavy atom. The van der Waals surface area contributed by atoms with Gasteiger partial charge in [-0.25, -0.2) is 8.42 Å². The van der Waals surface area contributed by atoms with Crippen molar-refractivity contribution in [3.63, 3.8) is 0 Å². The van der Waals surface area contributed by atoms with Crippen molar-refractivity contribution in [2.75, 3.05) is 17.1 Å². The van der Waals surface area contributed by atoms with E-state index in [-0.39, 0.29) is 10.8 Å². The summed E-state index contributed by atoms with van der Waals surface area (Å²) in [5.74, 6) is 0.869. The molecule has 3 aromatic carbocycles. The van der Waals surface area contributed by atoms with Crippen LogP contribution in [-0.4, -0.2) is 27.5 Å². The van der Waals surface area contributed by atoms with E-state index < -0.39 is 16.1 Å². The predicted octanol–water partition coefficient (Wildman–Crippen LogP) is 4.21. The molecular weight excluding hydrogens is 416 g/mol. The number of anilines is 2. The number of hydrogen-bond acceptors (Lipinski definition) is 5. The van der Waals surface area contributed by atoms with E-state index in [2.05, 4.69) is 10.0 Å². The predicted molar refractivity (Wildman–Crippen MR) is 120 cm³/mol. The molecule has 7 nitrogen and oxygen atoms in total. The van der Waals surface area contributed by atoms with E-state index in [0.717, 1.165) is 5.56 Å². The molecule has 1 amide bonds. The Bertz CT molecular complexity index is 1140. The second kappa shape index (κ2) is 9.53. The molecule has 0 aromatic heterocycles. The van der Waals surface area contributed by atoms with Gasteiger partial charge in [-0.15, -0.1) is 0 Å². The highest BCUT2D eigenvalue weighted by Gasteiger charge is 2.17. The molecule has 162 valence electrons. The van der Waals surface area contributed by atoms with Crippen molar-refractivity contribution < 1.29 is 22.7 Å². The van der Waals surface area contributed by atoms with Crippen LogP contribution < -0.4 is 19.5 Å². The number of hydrogen-bond donors (Lipinski definition) is 2. The van der Waals surface area contributed by atoms with Gasteiger partial charge in [0.25, 0.3) is 15.9 Å². The van der Waals surface area contributed by atoms with Crippen LogP contribution in [0.2, 0.25) is 0 Å². The largest absolute Gasteiger partial charge is 0.497 e. The Morgan fingerprint density at radius 1 is 0.903 bits per heavy atom. The lowest BCUT2D eigenvalue weighted by Gasteiger charge is -2.15. The summed E-state index contributed by atoms with van der Waals surface area (Å²) in [4.78, 5) is 12.5. The number of amides is 1. The molecule has 2 N–H and O–H groups in total. The van der Waals surface area contributed by atoms with E-state index in [4.69, 9.17) is 9.47 Å². The first-order chi connectivity index (χ1) is 14.8. The number of ether oxygens (including phenoxy) is 2. The highest BCUT2D eigenvalue weighted by molar-refractivity contribution is 7.92. The molecule has 0 aliphatic carbocycles. The lowest BCUT2D eigenvalue weighted by Crippen LogP contribution is -2.30. The maximum Gasteiger partial charge on any atom is 0.265 e. The average molecular weight is 441 g/mol. The van der Waals surface area contributed by atoms with Crippen molar-refractivity contribution in [2.45, 2.75) is 24.8 Å². The van der Waals surface area contributed by atoms with Crippen LogP contribution >= 0.6 is 0 Å². The second-order valence-electron chi connectivity index (χ2n) is 6.87. The highest BCUT2D eigenvalue weighted by Crippen LogP contribution is 2.21. The van der Waals surface area contributed by atoms with Gasteiger partial charge in [-0.1, -0.05) is 18.2 Å². The van der Waals surface area contributed by atoms with Gasteiger partial charge in [0.2, 0.25) is 0 Å². The third-order valence-electron chi connectivity index (χ3n) is 4.56. The first-order valence-electron chi connectivity index (χ1n) is 9.58. The van der Waals surface area contributed by atoms with Gasteiger partial charge in [0.1, 0.15) is 11.5 Å². The topological polar surface area (TPSA) is 93.7 Å². The number of carbonyl (C=O) groups is 1. The Labute approximate surface area is 182 Å². The fraction of sp³-hybridized carbons (Fsp3) is 0.174. The highest BCUT2D eigenvalue weighted by atomic mass is 32.2. The normalized spacial score (nSPS) is 12.0. The Morgan fingerprint density at radius 2 is 1.52 bits per heavy atom. The van der Waals surface area contributed by atoms with Gasteiger partial charge >= 0.3 is 0 Å². The SMILES string of the molecule is COc1ccc(O[C@@H](C)C(=O)Nc2ccc(S(=O)(=O)Nc3ccccc3C)cc2)cc1. The molecule has 0 unspecified atom stereocenters. The number of para-hydroxylation sites is 1. The number of nitrogens with one attached hydrogen (secondary N) is 2. The Hall–Kier alpha value is -3.52. The molecule has 0 radical (unpaired) electrons. The third kappa shape index (κ3) is 5.76. The van der Waals surface area contributed by atoms with Crippen molar-refractivity contribution in [2.24, 2.45) is 0 Å². The zero-order valence-electron chi connectivity index (χ0n) is 17.5. The van der Waals surface area contributed by atoms with Crippen molar-refractivity contribution in [3.8, 4) is 11.5 Å². The number of benzene rings is 3. The van der Waals surface area contributed by atoms with Crippen molar-refractivity contribution in [3.05, 3.63) is 78.4 Å². The minimum absolute atomic E-state index is 0.0938. The summed E-state index contributed by atoms with van der Waals surface area (Å²) < 4.78 is 38.5. The molecule has 0 aliphatic rings. The van der Waals surface area contributed by atoms with Crippen LogP contribution in [0.3, 0.4) is 0 Å². The minimum atomic E-state index is -3.74. The van der Waals surface area contributed by atoms with Crippen LogP contribution in [-0.2, 0) is 14.8 Å². The van der Waals surface area contributed by atoms with Crippen LogP contribution in [0.15, 0.2) is 77.7 Å². The van der Waals surface area contributed by atoms with Gasteiger partial charge in [-0.2, -0.15) is 0 Å². The van der Waals surface area contributed by atoms with Gasteiger partial charge in [0.15, 0.2) is 6.10 Å². The average Bonchev–Trinajstić information content (AvgIpc) is 2.76. The number of carbonyl (C=O) groups excluding carboxylic acids is 1. The van der Waals surface area contributed by atoms with E-state index in [1.807, 2.05) is 19.1 Å². The van der Waals surface area contributed by atoms with Crippen molar-refractivity contribution in [1.82, 2.24) is 0 Å². The van der Waals surface area contributed by atoms with Gasteiger partial charge in [0, 0.05) is 5.69 Å². The lowest BCUT2D eigenvalue weighted by molar-refractivity contribution is -0.122. The molecule has 0 spiro atoms. The second-order valence-corrected chi connectivity index (χ2v) is 8.55. The van der Waals surface area contributed by atoms with E-state index in [9.17, 15) is 13.2 Å². The van der Waals surface area contributed by atoms with Gasteiger partial charge < -0.3 is 14.8 Å². The van der Waals surface area contributed by atoms with Gasteiger partial charge in [-0.3, -0.25) is 9.52 Å². The monoisotopic (exact) mass is 440 g/mol. The maximum atomic E-state index is 12.6. The fourth-order valence-electron chi connectivity index (χ4n) is 2.76. The van der Waals surface area contributed by atoms with E-state index in [1.54, 1.807) is 50.4 Å². The van der Waals surface area contributed by atoms with Crippen LogP contribution in [0.5, 0.6) is 11.5 Å². The summed E-state index contributed by atoms with van der Waals surface area (Å²) in [5, 5.41) is 2.72. The van der Waals surface area contributed by atoms with Gasteiger partial charge in [-0.05, 0) is 74.0 Å². The molecule has 1 atom stereocenters. The number of rotatable bonds is 8. The number of sulfonamides is 1. The van der Waals surface area contributed by atoms with Crippen LogP contribution in [0.4, 0.5) is 11.4 Å². The molecular formula is C23H24N2O5S. The lowest BCUT2D eigenvalue weighted by atomic mass is 10.2. The van der Waals surface area contributed by atoms with E-state index >= 15 is 0 Å². The molecule has 0 aliphatic heterocycles. The zero-order chi connectivity index (χ0) is 22.4. The molecule has 3 rings (SSSR count). The summed E-state index contributed by atoms with van der Waals surface area (Å²) in [7, 11) is -2.17. The quantitative estimate of drug-likeness (QED) is 0.547. The Balaban J connectivity index is 1.62. The molecule has 0 fully saturated rings. The molecule has 0 saturated carbocycles. The van der Waals surface area contributed by atoms with Crippen molar-refractivity contribution >= 4 is 27.3 Å². The summed E-state index contributed by atoms with van der Waals surface area (Å²) in [6, 6.07) is 20.0. The third-order valence-corrected chi connectivity index (χ3v) is 5.94. The number of methoxy groups -OCH3 is 1. The summed E-state index contributed by atoms with van der Waals surface area (Å²) in [5.41, 5.74) is 1.80. The standard InChI is InChI=1S/C23H24N2O5S/c1-16-6-4-5-7-22(16)25-31(27,28)21-14-8-18(9-15-21)24-23(26)17(2)30-20-12-10-19(29-3)11-13-20/h4-15,17,25H,1-3H3,(H,24,26)/t17-/m0/s1. The molecule has 0 bridgehead atoms. The molecule has 31 heavy (non-hydrogen) atoms. The Kier molecular flexibility index (Phi) is 6.81. The molecule has 0 heterocycles. The molecule has 0 saturated heterocycles. The minimum Gasteiger partial charge on any atom is -0.497 e. The molecule has 3 aromatic rings. The smallest absolute Gasteiger partial charge is 0.265 e. The first kappa shape index (κ1) is 22.2. The summed E-state index contributed by atoms with van der Waals surface area (Å²) in [6.07, 6.45) is -0.750. The van der Waals surface area contributed by atoms with E-state index in [1.165, 1.54) is 24.3 Å². The van der Waals surface area contributed by atoms with Crippen LogP contribution in [0.1, 0.15) is 12.5 Å². The zero-order valence-corrected chi connectivity index (χ0v) is 18.3.